The monoisotopic (exact) mass is 262 g/mol. The molecular weight excluding hydrogens is 247 g/mol. The number of carbonyl (C=O) groups is 1. The highest BCUT2D eigenvalue weighted by Gasteiger charge is 2.10. The number of halogens is 1. The Kier molecular flexibility index (Phi) is 3.94. The molecule has 0 atom stereocenters. The predicted octanol–water partition coefficient (Wildman–Crippen LogP) is 2.75. The molecule has 0 fully saturated rings. The van der Waals surface area contributed by atoms with E-state index in [0.717, 1.165) is 11.4 Å². The molecule has 0 aliphatic heterocycles. The maximum absolute atomic E-state index is 13.3. The SMILES string of the molecule is Cc1cc(C)n(C(=O)CCOc2ccccc2F)n1. The van der Waals surface area contributed by atoms with Gasteiger partial charge in [0.05, 0.1) is 18.7 Å². The Morgan fingerprint density at radius 1 is 1.37 bits per heavy atom. The highest BCUT2D eigenvalue weighted by Crippen LogP contribution is 2.15. The molecule has 0 aliphatic rings. The number of benzene rings is 1. The molecule has 0 amide bonds. The Morgan fingerprint density at radius 2 is 2.11 bits per heavy atom. The van der Waals surface area contributed by atoms with Crippen molar-refractivity contribution in [3.05, 3.63) is 47.5 Å². The molecule has 5 heteroatoms. The van der Waals surface area contributed by atoms with Gasteiger partial charge in [-0.25, -0.2) is 9.07 Å². The first-order chi connectivity index (χ1) is 9.08. The van der Waals surface area contributed by atoms with Crippen LogP contribution in [0.15, 0.2) is 30.3 Å². The first-order valence-corrected chi connectivity index (χ1v) is 6.01. The molecule has 0 N–H and O–H groups in total. The number of carbonyl (C=O) groups excluding carboxylic acids is 1. The molecule has 100 valence electrons. The summed E-state index contributed by atoms with van der Waals surface area (Å²) in [5.41, 5.74) is 1.58. The highest BCUT2D eigenvalue weighted by atomic mass is 19.1. The molecule has 2 rings (SSSR count). The van der Waals surface area contributed by atoms with E-state index >= 15 is 0 Å². The Labute approximate surface area is 110 Å². The largest absolute Gasteiger partial charge is 0.490 e. The summed E-state index contributed by atoms with van der Waals surface area (Å²) >= 11 is 0. The zero-order chi connectivity index (χ0) is 13.8. The van der Waals surface area contributed by atoms with Crippen LogP contribution in [-0.4, -0.2) is 22.3 Å². The van der Waals surface area contributed by atoms with Crippen molar-refractivity contribution in [3.63, 3.8) is 0 Å². The van der Waals surface area contributed by atoms with E-state index in [1.807, 2.05) is 19.9 Å². The van der Waals surface area contributed by atoms with Gasteiger partial charge < -0.3 is 4.74 Å². The zero-order valence-corrected chi connectivity index (χ0v) is 10.9. The van der Waals surface area contributed by atoms with E-state index in [1.54, 1.807) is 12.1 Å². The minimum absolute atomic E-state index is 0.123. The van der Waals surface area contributed by atoms with E-state index in [1.165, 1.54) is 16.8 Å². The Balaban J connectivity index is 1.91. The average Bonchev–Trinajstić information content (AvgIpc) is 2.71. The van der Waals surface area contributed by atoms with Crippen molar-refractivity contribution in [2.24, 2.45) is 0 Å². The van der Waals surface area contributed by atoms with Crippen molar-refractivity contribution in [2.45, 2.75) is 20.3 Å². The van der Waals surface area contributed by atoms with Crippen LogP contribution in [0.25, 0.3) is 0 Å². The first-order valence-electron chi connectivity index (χ1n) is 6.01. The van der Waals surface area contributed by atoms with Crippen LogP contribution in [0.4, 0.5) is 4.39 Å². The molecule has 19 heavy (non-hydrogen) atoms. The molecule has 0 saturated carbocycles. The van der Waals surface area contributed by atoms with Gasteiger partial charge in [-0.3, -0.25) is 4.79 Å². The van der Waals surface area contributed by atoms with Crippen molar-refractivity contribution in [1.29, 1.82) is 0 Å². The van der Waals surface area contributed by atoms with Crippen LogP contribution in [0.2, 0.25) is 0 Å². The molecule has 0 aliphatic carbocycles. The van der Waals surface area contributed by atoms with E-state index in [4.69, 9.17) is 4.74 Å². The predicted molar refractivity (Wildman–Crippen MR) is 68.8 cm³/mol. The molecule has 0 unspecified atom stereocenters. The summed E-state index contributed by atoms with van der Waals surface area (Å²) in [4.78, 5) is 11.9. The smallest absolute Gasteiger partial charge is 0.250 e. The van der Waals surface area contributed by atoms with E-state index in [9.17, 15) is 9.18 Å². The second-order valence-corrected chi connectivity index (χ2v) is 4.26. The number of para-hydroxylation sites is 1. The van der Waals surface area contributed by atoms with Gasteiger partial charge in [0.1, 0.15) is 0 Å². The summed E-state index contributed by atoms with van der Waals surface area (Å²) in [6, 6.07) is 7.95. The number of hydrogen-bond acceptors (Lipinski definition) is 3. The van der Waals surface area contributed by atoms with Crippen molar-refractivity contribution < 1.29 is 13.9 Å². The lowest BCUT2D eigenvalue weighted by Crippen LogP contribution is -2.17. The zero-order valence-electron chi connectivity index (χ0n) is 10.9. The second-order valence-electron chi connectivity index (χ2n) is 4.26. The van der Waals surface area contributed by atoms with Gasteiger partial charge >= 0.3 is 0 Å². The van der Waals surface area contributed by atoms with Crippen LogP contribution in [0, 0.1) is 19.7 Å². The number of ether oxygens (including phenoxy) is 1. The summed E-state index contributed by atoms with van der Waals surface area (Å²) in [5, 5.41) is 4.09. The number of aryl methyl sites for hydroxylation is 2. The van der Waals surface area contributed by atoms with Gasteiger partial charge in [-0.05, 0) is 32.0 Å². The highest BCUT2D eigenvalue weighted by molar-refractivity contribution is 5.78. The van der Waals surface area contributed by atoms with Gasteiger partial charge in [-0.1, -0.05) is 12.1 Å². The van der Waals surface area contributed by atoms with Crippen molar-refractivity contribution in [2.75, 3.05) is 6.61 Å². The number of hydrogen-bond donors (Lipinski definition) is 0. The number of aromatic nitrogens is 2. The molecule has 4 nitrogen and oxygen atoms in total. The van der Waals surface area contributed by atoms with Gasteiger partial charge in [-0.2, -0.15) is 5.10 Å². The molecule has 0 bridgehead atoms. The first kappa shape index (κ1) is 13.3. The van der Waals surface area contributed by atoms with Gasteiger partial charge in [0.2, 0.25) is 0 Å². The van der Waals surface area contributed by atoms with Crippen molar-refractivity contribution in [1.82, 2.24) is 9.78 Å². The van der Waals surface area contributed by atoms with Crippen LogP contribution < -0.4 is 4.74 Å². The minimum Gasteiger partial charge on any atom is -0.490 e. The molecule has 0 radical (unpaired) electrons. The van der Waals surface area contributed by atoms with Crippen LogP contribution in [-0.2, 0) is 0 Å². The lowest BCUT2D eigenvalue weighted by atomic mass is 10.3. The molecule has 0 saturated heterocycles. The number of rotatable bonds is 4. The van der Waals surface area contributed by atoms with E-state index < -0.39 is 5.82 Å². The molecule has 2 aromatic rings. The minimum atomic E-state index is -0.430. The van der Waals surface area contributed by atoms with E-state index in [0.29, 0.717) is 0 Å². The normalized spacial score (nSPS) is 10.5. The molecule has 1 heterocycles. The molecule has 1 aromatic heterocycles. The van der Waals surface area contributed by atoms with Crippen molar-refractivity contribution in [3.8, 4) is 5.75 Å². The van der Waals surface area contributed by atoms with Crippen LogP contribution in [0.5, 0.6) is 5.75 Å². The fourth-order valence-corrected chi connectivity index (χ4v) is 1.80. The van der Waals surface area contributed by atoms with E-state index in [-0.39, 0.29) is 24.7 Å². The quantitative estimate of drug-likeness (QED) is 0.851. The fourth-order valence-electron chi connectivity index (χ4n) is 1.80. The maximum Gasteiger partial charge on any atom is 0.250 e. The third-order valence-corrected chi connectivity index (χ3v) is 2.66. The maximum atomic E-state index is 13.3. The van der Waals surface area contributed by atoms with Crippen LogP contribution in [0.3, 0.4) is 0 Å². The summed E-state index contributed by atoms with van der Waals surface area (Å²) in [7, 11) is 0. The Morgan fingerprint density at radius 3 is 2.74 bits per heavy atom. The molecule has 0 spiro atoms. The fraction of sp³-hybridized carbons (Fsp3) is 0.286. The lowest BCUT2D eigenvalue weighted by Gasteiger charge is -2.07. The lowest BCUT2D eigenvalue weighted by molar-refractivity contribution is 0.0861. The summed E-state index contributed by atoms with van der Waals surface area (Å²) in [6.45, 7) is 3.76. The molecular formula is C14H15FN2O2. The third-order valence-electron chi connectivity index (χ3n) is 2.66. The average molecular weight is 262 g/mol. The van der Waals surface area contributed by atoms with E-state index in [2.05, 4.69) is 5.10 Å². The summed E-state index contributed by atoms with van der Waals surface area (Å²) in [5.74, 6) is -0.438. The van der Waals surface area contributed by atoms with Gasteiger partial charge in [0.25, 0.3) is 5.91 Å². The van der Waals surface area contributed by atoms with Gasteiger partial charge in [0, 0.05) is 5.69 Å². The van der Waals surface area contributed by atoms with Crippen LogP contribution >= 0.6 is 0 Å². The van der Waals surface area contributed by atoms with Crippen LogP contribution in [0.1, 0.15) is 22.6 Å². The summed E-state index contributed by atoms with van der Waals surface area (Å²) < 4.78 is 19.9. The Bertz CT molecular complexity index is 593. The summed E-state index contributed by atoms with van der Waals surface area (Å²) in [6.07, 6.45) is 0.149. The third kappa shape index (κ3) is 3.19. The standard InChI is InChI=1S/C14H15FN2O2/c1-10-9-11(2)17(16-10)14(18)7-8-19-13-6-4-3-5-12(13)15/h3-6,9H,7-8H2,1-2H3. The Hall–Kier alpha value is -2.17. The van der Waals surface area contributed by atoms with Crippen molar-refractivity contribution >= 4 is 5.91 Å². The number of nitrogens with zero attached hydrogens (tertiary/aromatic N) is 2. The topological polar surface area (TPSA) is 44.1 Å². The van der Waals surface area contributed by atoms with Gasteiger partial charge in [0.15, 0.2) is 11.6 Å². The second kappa shape index (κ2) is 5.65. The van der Waals surface area contributed by atoms with Gasteiger partial charge in [-0.15, -0.1) is 0 Å². The molecule has 1 aromatic carbocycles.